The molecule has 8 nitrogen and oxygen atoms in total. The highest BCUT2D eigenvalue weighted by Gasteiger charge is 2.29. The van der Waals surface area contributed by atoms with Gasteiger partial charge in [0.2, 0.25) is 0 Å². The molecule has 176 valence electrons. The summed E-state index contributed by atoms with van der Waals surface area (Å²) in [6, 6.07) is 22.3. The first-order valence-corrected chi connectivity index (χ1v) is 11.3. The maximum absolute atomic E-state index is 12.6. The van der Waals surface area contributed by atoms with E-state index in [1.165, 1.54) is 0 Å². The molecule has 0 aliphatic heterocycles. The summed E-state index contributed by atoms with van der Waals surface area (Å²) < 4.78 is 7.12. The summed E-state index contributed by atoms with van der Waals surface area (Å²) in [5, 5.41) is 20.2. The number of hydrogen-bond acceptors (Lipinski definition) is 5. The summed E-state index contributed by atoms with van der Waals surface area (Å²) in [4.78, 5) is 24.4. The van der Waals surface area contributed by atoms with Crippen LogP contribution in [0.2, 0.25) is 0 Å². The van der Waals surface area contributed by atoms with Gasteiger partial charge in [-0.3, -0.25) is 4.68 Å². The van der Waals surface area contributed by atoms with E-state index in [2.05, 4.69) is 27.8 Å². The van der Waals surface area contributed by atoms with E-state index in [0.29, 0.717) is 0 Å². The zero-order chi connectivity index (χ0) is 24.4. The second kappa shape index (κ2) is 9.42. The Hall–Kier alpha value is -4.46. The van der Waals surface area contributed by atoms with Crippen molar-refractivity contribution in [1.29, 1.82) is 0 Å². The monoisotopic (exact) mass is 468 g/mol. The van der Waals surface area contributed by atoms with Gasteiger partial charge in [0.05, 0.1) is 6.20 Å². The topological polar surface area (TPSA) is 106 Å². The highest BCUT2D eigenvalue weighted by Crippen LogP contribution is 2.44. The number of carboxylic acid groups (broad SMARTS) is 1. The maximum atomic E-state index is 12.6. The fourth-order valence-corrected chi connectivity index (χ4v) is 4.51. The Morgan fingerprint density at radius 3 is 2.20 bits per heavy atom. The van der Waals surface area contributed by atoms with Gasteiger partial charge < -0.3 is 15.2 Å². The molecular formula is C27H24N4O4. The van der Waals surface area contributed by atoms with Crippen molar-refractivity contribution in [2.75, 3.05) is 6.61 Å². The van der Waals surface area contributed by atoms with Gasteiger partial charge in [0.25, 0.3) is 0 Å². The Morgan fingerprint density at radius 1 is 1.00 bits per heavy atom. The molecule has 1 aliphatic carbocycles. The molecule has 0 fully saturated rings. The number of carbonyl (C=O) groups excluding carboxylic acids is 1. The lowest BCUT2D eigenvalue weighted by molar-refractivity contribution is -0.139. The Kier molecular flexibility index (Phi) is 6.01. The van der Waals surface area contributed by atoms with Gasteiger partial charge in [-0.1, -0.05) is 78.0 Å². The van der Waals surface area contributed by atoms with Gasteiger partial charge in [-0.05, 0) is 27.8 Å². The third kappa shape index (κ3) is 4.63. The van der Waals surface area contributed by atoms with E-state index in [1.807, 2.05) is 60.7 Å². The van der Waals surface area contributed by atoms with Gasteiger partial charge in [0, 0.05) is 24.9 Å². The fraction of sp³-hybridized carbons (Fsp3) is 0.185. The number of benzene rings is 3. The molecule has 3 aromatic carbocycles. The summed E-state index contributed by atoms with van der Waals surface area (Å²) >= 11 is 0. The molecule has 0 saturated carbocycles. The molecule has 4 aromatic rings. The number of amides is 1. The normalized spacial score (nSPS) is 13.1. The SMILES string of the molecule is Cn1cc(-c2ccc(C[C@H](NC(=O)OCC3c4ccccc4-c4ccccc43)C(=O)O)cc2)nn1. The van der Waals surface area contributed by atoms with E-state index >= 15 is 0 Å². The first kappa shape index (κ1) is 22.3. The number of fused-ring (bicyclic) bond motifs is 3. The van der Waals surface area contributed by atoms with Crippen LogP contribution in [-0.4, -0.2) is 44.8 Å². The quantitative estimate of drug-likeness (QED) is 0.424. The van der Waals surface area contributed by atoms with Gasteiger partial charge in [-0.2, -0.15) is 0 Å². The zero-order valence-corrected chi connectivity index (χ0v) is 19.1. The van der Waals surface area contributed by atoms with Crippen LogP contribution in [0.5, 0.6) is 0 Å². The van der Waals surface area contributed by atoms with Crippen molar-refractivity contribution < 1.29 is 19.4 Å². The first-order chi connectivity index (χ1) is 17.0. The molecule has 1 amide bonds. The van der Waals surface area contributed by atoms with Crippen LogP contribution in [0.15, 0.2) is 79.0 Å². The van der Waals surface area contributed by atoms with Crippen LogP contribution >= 0.6 is 0 Å². The number of alkyl carbamates (subject to hydrolysis) is 1. The number of aryl methyl sites for hydroxylation is 1. The molecule has 5 rings (SSSR count). The highest BCUT2D eigenvalue weighted by atomic mass is 16.5. The molecule has 0 saturated heterocycles. The zero-order valence-electron chi connectivity index (χ0n) is 19.1. The second-order valence-corrected chi connectivity index (χ2v) is 8.54. The summed E-state index contributed by atoms with van der Waals surface area (Å²) in [6.07, 6.45) is 1.17. The average molecular weight is 469 g/mol. The Bertz CT molecular complexity index is 1330. The van der Waals surface area contributed by atoms with Crippen molar-refractivity contribution in [2.24, 2.45) is 7.05 Å². The lowest BCUT2D eigenvalue weighted by Gasteiger charge is -2.17. The molecular weight excluding hydrogens is 444 g/mol. The van der Waals surface area contributed by atoms with Gasteiger partial charge in [-0.25, -0.2) is 9.59 Å². The van der Waals surface area contributed by atoms with Crippen molar-refractivity contribution >= 4 is 12.1 Å². The third-order valence-electron chi connectivity index (χ3n) is 6.23. The number of aliphatic carboxylic acids is 1. The number of ether oxygens (including phenoxy) is 1. The van der Waals surface area contributed by atoms with E-state index in [4.69, 9.17) is 4.74 Å². The van der Waals surface area contributed by atoms with Crippen LogP contribution in [0.4, 0.5) is 4.79 Å². The predicted molar refractivity (Wildman–Crippen MR) is 130 cm³/mol. The van der Waals surface area contributed by atoms with Gasteiger partial charge in [0.15, 0.2) is 0 Å². The van der Waals surface area contributed by atoms with Gasteiger partial charge >= 0.3 is 12.1 Å². The minimum absolute atomic E-state index is 0.0925. The lowest BCUT2D eigenvalue weighted by atomic mass is 9.98. The van der Waals surface area contributed by atoms with Crippen LogP contribution in [-0.2, 0) is 23.0 Å². The molecule has 0 bridgehead atoms. The number of hydrogen-bond donors (Lipinski definition) is 2. The van der Waals surface area contributed by atoms with E-state index in [0.717, 1.165) is 39.1 Å². The summed E-state index contributed by atoms with van der Waals surface area (Å²) in [5.74, 6) is -1.22. The number of nitrogens with zero attached hydrogens (tertiary/aromatic N) is 3. The Balaban J connectivity index is 1.23. The number of rotatable bonds is 7. The molecule has 35 heavy (non-hydrogen) atoms. The van der Waals surface area contributed by atoms with Crippen molar-refractivity contribution in [3.05, 3.63) is 95.7 Å². The van der Waals surface area contributed by atoms with Gasteiger partial charge in [-0.15, -0.1) is 5.10 Å². The minimum Gasteiger partial charge on any atom is -0.480 e. The van der Waals surface area contributed by atoms with Crippen molar-refractivity contribution in [3.63, 3.8) is 0 Å². The molecule has 0 radical (unpaired) electrons. The molecule has 1 aromatic heterocycles. The standard InChI is InChI=1S/C27H24N4O4/c1-31-15-25(29-30-31)18-12-10-17(11-13-18)14-24(26(32)33)28-27(34)35-16-23-21-8-4-2-6-19(21)20-7-3-5-9-22(20)23/h2-13,15,23-24H,14,16H2,1H3,(H,28,34)(H,32,33)/t24-/m0/s1. The molecule has 1 aliphatic rings. The molecule has 0 unspecified atom stereocenters. The van der Waals surface area contributed by atoms with Crippen LogP contribution in [0.3, 0.4) is 0 Å². The summed E-state index contributed by atoms with van der Waals surface area (Å²) in [7, 11) is 1.79. The van der Waals surface area contributed by atoms with Crippen molar-refractivity contribution in [3.8, 4) is 22.4 Å². The first-order valence-electron chi connectivity index (χ1n) is 11.3. The number of nitrogens with one attached hydrogen (secondary N) is 1. The largest absolute Gasteiger partial charge is 0.480 e. The summed E-state index contributed by atoms with van der Waals surface area (Å²) in [5.41, 5.74) is 6.82. The predicted octanol–water partition coefficient (Wildman–Crippen LogP) is 4.02. The Labute approximate surface area is 202 Å². The molecule has 0 spiro atoms. The number of carbonyl (C=O) groups is 2. The Morgan fingerprint density at radius 2 is 1.63 bits per heavy atom. The van der Waals surface area contributed by atoms with Crippen LogP contribution in [0.1, 0.15) is 22.6 Å². The molecule has 8 heteroatoms. The fourth-order valence-electron chi connectivity index (χ4n) is 4.51. The maximum Gasteiger partial charge on any atom is 0.407 e. The smallest absolute Gasteiger partial charge is 0.407 e. The minimum atomic E-state index is -1.13. The van der Waals surface area contributed by atoms with Crippen molar-refractivity contribution in [1.82, 2.24) is 20.3 Å². The van der Waals surface area contributed by atoms with E-state index in [-0.39, 0.29) is 18.9 Å². The number of carboxylic acids is 1. The summed E-state index contributed by atoms with van der Waals surface area (Å²) in [6.45, 7) is 0.124. The van der Waals surface area contributed by atoms with E-state index in [1.54, 1.807) is 17.9 Å². The molecule has 2 N–H and O–H groups in total. The van der Waals surface area contributed by atoms with Crippen molar-refractivity contribution in [2.45, 2.75) is 18.4 Å². The van der Waals surface area contributed by atoms with E-state index < -0.39 is 18.1 Å². The third-order valence-corrected chi connectivity index (χ3v) is 6.23. The van der Waals surface area contributed by atoms with Crippen LogP contribution in [0, 0.1) is 0 Å². The number of aromatic nitrogens is 3. The molecule has 1 atom stereocenters. The van der Waals surface area contributed by atoms with E-state index in [9.17, 15) is 14.7 Å². The van der Waals surface area contributed by atoms with Gasteiger partial charge in [0.1, 0.15) is 18.3 Å². The van der Waals surface area contributed by atoms with Crippen LogP contribution < -0.4 is 5.32 Å². The highest BCUT2D eigenvalue weighted by molar-refractivity contribution is 5.81. The second-order valence-electron chi connectivity index (χ2n) is 8.54. The average Bonchev–Trinajstić information content (AvgIpc) is 3.44. The lowest BCUT2D eigenvalue weighted by Crippen LogP contribution is -2.42. The molecule has 1 heterocycles. The van der Waals surface area contributed by atoms with Crippen LogP contribution in [0.25, 0.3) is 22.4 Å².